The van der Waals surface area contributed by atoms with Crippen molar-refractivity contribution in [3.63, 3.8) is 0 Å². The van der Waals surface area contributed by atoms with Crippen LogP contribution in [0.4, 0.5) is 5.69 Å². The van der Waals surface area contributed by atoms with Crippen molar-refractivity contribution < 1.29 is 0 Å². The number of hydrogen-bond acceptors (Lipinski definition) is 3. The predicted octanol–water partition coefficient (Wildman–Crippen LogP) is 2.81. The highest BCUT2D eigenvalue weighted by atomic mass is 16.1. The van der Waals surface area contributed by atoms with Gasteiger partial charge >= 0.3 is 0 Å². The highest BCUT2D eigenvalue weighted by Crippen LogP contribution is 2.20. The van der Waals surface area contributed by atoms with Gasteiger partial charge in [-0.25, -0.2) is 0 Å². The van der Waals surface area contributed by atoms with E-state index < -0.39 is 0 Å². The fourth-order valence-electron chi connectivity index (χ4n) is 3.05. The molecule has 4 nitrogen and oxygen atoms in total. The molecule has 1 aliphatic heterocycles. The van der Waals surface area contributed by atoms with Crippen molar-refractivity contribution in [2.24, 2.45) is 0 Å². The summed E-state index contributed by atoms with van der Waals surface area (Å²) >= 11 is 0. The first-order valence-corrected chi connectivity index (χ1v) is 7.86. The van der Waals surface area contributed by atoms with Gasteiger partial charge in [0.2, 0.25) is 0 Å². The number of nitrogens with one attached hydrogen (secondary N) is 2. The van der Waals surface area contributed by atoms with Gasteiger partial charge in [0.1, 0.15) is 0 Å². The molecule has 2 heterocycles. The topological polar surface area (TPSA) is 48.1 Å². The molecule has 0 aliphatic carbocycles. The number of rotatable bonds is 5. The number of anilines is 1. The SMILES string of the molecule is CCCCN1CC[C@H](Nc2ccc3c(=O)[nH]ccc3c2)C1. The van der Waals surface area contributed by atoms with Crippen molar-refractivity contribution in [3.8, 4) is 0 Å². The first-order valence-electron chi connectivity index (χ1n) is 7.86. The van der Waals surface area contributed by atoms with Crippen molar-refractivity contribution in [3.05, 3.63) is 40.8 Å². The monoisotopic (exact) mass is 285 g/mol. The van der Waals surface area contributed by atoms with E-state index in [0.717, 1.165) is 23.0 Å². The zero-order chi connectivity index (χ0) is 14.7. The molecule has 0 amide bonds. The molecule has 2 aromatic rings. The van der Waals surface area contributed by atoms with Crippen molar-refractivity contribution in [2.75, 3.05) is 25.0 Å². The number of H-pyrrole nitrogens is 1. The molecule has 3 rings (SSSR count). The van der Waals surface area contributed by atoms with Crippen molar-refractivity contribution >= 4 is 16.5 Å². The van der Waals surface area contributed by atoms with Crippen LogP contribution in [-0.4, -0.2) is 35.6 Å². The Hall–Kier alpha value is -1.81. The smallest absolute Gasteiger partial charge is 0.255 e. The molecule has 0 saturated carbocycles. The fraction of sp³-hybridized carbons (Fsp3) is 0.471. The first-order chi connectivity index (χ1) is 10.3. The molecule has 1 saturated heterocycles. The van der Waals surface area contributed by atoms with Gasteiger partial charge in [-0.1, -0.05) is 13.3 Å². The van der Waals surface area contributed by atoms with E-state index in [9.17, 15) is 4.79 Å². The summed E-state index contributed by atoms with van der Waals surface area (Å²) in [5.41, 5.74) is 1.08. The molecule has 21 heavy (non-hydrogen) atoms. The van der Waals surface area contributed by atoms with Crippen molar-refractivity contribution in [1.29, 1.82) is 0 Å². The highest BCUT2D eigenvalue weighted by molar-refractivity contribution is 5.84. The van der Waals surface area contributed by atoms with Crippen LogP contribution in [0.15, 0.2) is 35.3 Å². The lowest BCUT2D eigenvalue weighted by Crippen LogP contribution is -2.26. The zero-order valence-electron chi connectivity index (χ0n) is 12.6. The van der Waals surface area contributed by atoms with Crippen molar-refractivity contribution in [2.45, 2.75) is 32.2 Å². The van der Waals surface area contributed by atoms with Gasteiger partial charge in [-0.2, -0.15) is 0 Å². The van der Waals surface area contributed by atoms with E-state index >= 15 is 0 Å². The third-order valence-corrected chi connectivity index (χ3v) is 4.24. The van der Waals surface area contributed by atoms with Gasteiger partial charge in [0.25, 0.3) is 5.56 Å². The van der Waals surface area contributed by atoms with Crippen LogP contribution in [0.5, 0.6) is 0 Å². The van der Waals surface area contributed by atoms with Crippen LogP contribution in [-0.2, 0) is 0 Å². The first kappa shape index (κ1) is 14.1. The van der Waals surface area contributed by atoms with Crippen LogP contribution < -0.4 is 10.9 Å². The van der Waals surface area contributed by atoms with E-state index in [2.05, 4.69) is 28.2 Å². The number of fused-ring (bicyclic) bond motifs is 1. The van der Waals surface area contributed by atoms with Crippen LogP contribution in [0, 0.1) is 0 Å². The summed E-state index contributed by atoms with van der Waals surface area (Å²) in [5.74, 6) is 0. The Bertz CT molecular complexity index is 664. The molecule has 0 bridgehead atoms. The van der Waals surface area contributed by atoms with Crippen LogP contribution in [0.3, 0.4) is 0 Å². The molecule has 1 atom stereocenters. The number of aromatic amines is 1. The molecule has 2 N–H and O–H groups in total. The second kappa shape index (κ2) is 6.31. The quantitative estimate of drug-likeness (QED) is 0.888. The normalized spacial score (nSPS) is 19.2. The van der Waals surface area contributed by atoms with E-state index in [1.54, 1.807) is 6.20 Å². The minimum atomic E-state index is -0.0225. The maximum absolute atomic E-state index is 11.7. The third kappa shape index (κ3) is 3.27. The molecule has 1 aromatic heterocycles. The van der Waals surface area contributed by atoms with Crippen LogP contribution in [0.2, 0.25) is 0 Å². The van der Waals surface area contributed by atoms with Gasteiger partial charge in [-0.3, -0.25) is 4.79 Å². The van der Waals surface area contributed by atoms with Gasteiger partial charge < -0.3 is 15.2 Å². The molecular weight excluding hydrogens is 262 g/mol. The van der Waals surface area contributed by atoms with E-state index in [4.69, 9.17) is 0 Å². The van der Waals surface area contributed by atoms with E-state index in [1.165, 1.54) is 32.4 Å². The third-order valence-electron chi connectivity index (χ3n) is 4.24. The molecule has 1 aromatic carbocycles. The molecule has 4 heteroatoms. The maximum atomic E-state index is 11.7. The minimum Gasteiger partial charge on any atom is -0.381 e. The second-order valence-corrected chi connectivity index (χ2v) is 5.89. The number of benzene rings is 1. The summed E-state index contributed by atoms with van der Waals surface area (Å²) in [4.78, 5) is 16.9. The summed E-state index contributed by atoms with van der Waals surface area (Å²) < 4.78 is 0. The minimum absolute atomic E-state index is 0.0225. The number of unbranched alkanes of at least 4 members (excludes halogenated alkanes) is 1. The average Bonchev–Trinajstić information content (AvgIpc) is 2.93. The molecule has 1 fully saturated rings. The summed E-state index contributed by atoms with van der Waals surface area (Å²) in [6, 6.07) is 8.44. The van der Waals surface area contributed by atoms with Gasteiger partial charge in [0.15, 0.2) is 0 Å². The van der Waals surface area contributed by atoms with E-state index in [0.29, 0.717) is 6.04 Å². The van der Waals surface area contributed by atoms with Crippen LogP contribution >= 0.6 is 0 Å². The summed E-state index contributed by atoms with van der Waals surface area (Å²) in [5, 5.41) is 5.34. The number of nitrogens with zero attached hydrogens (tertiary/aromatic N) is 1. The number of aromatic nitrogens is 1. The predicted molar refractivity (Wildman–Crippen MR) is 87.9 cm³/mol. The molecule has 0 radical (unpaired) electrons. The Morgan fingerprint density at radius 1 is 1.38 bits per heavy atom. The standard InChI is InChI=1S/C17H23N3O/c1-2-3-9-20-10-7-15(12-20)19-14-4-5-16-13(11-14)6-8-18-17(16)21/h4-6,8,11,15,19H,2-3,7,9-10,12H2,1H3,(H,18,21)/t15-/m0/s1. The molecular formula is C17H23N3O. The van der Waals surface area contributed by atoms with Gasteiger partial charge in [-0.05, 0) is 49.0 Å². The van der Waals surface area contributed by atoms with Gasteiger partial charge in [-0.15, -0.1) is 0 Å². The summed E-state index contributed by atoms with van der Waals surface area (Å²) in [6.07, 6.45) is 5.44. The second-order valence-electron chi connectivity index (χ2n) is 5.89. The van der Waals surface area contributed by atoms with Crippen LogP contribution in [0.25, 0.3) is 10.8 Å². The zero-order valence-corrected chi connectivity index (χ0v) is 12.6. The lowest BCUT2D eigenvalue weighted by Gasteiger charge is -2.17. The lowest BCUT2D eigenvalue weighted by atomic mass is 10.1. The van der Waals surface area contributed by atoms with Crippen molar-refractivity contribution in [1.82, 2.24) is 9.88 Å². The van der Waals surface area contributed by atoms with Crippen LogP contribution in [0.1, 0.15) is 26.2 Å². The molecule has 112 valence electrons. The molecule has 0 unspecified atom stereocenters. The number of likely N-dealkylation sites (tertiary alicyclic amines) is 1. The Labute approximate surface area is 125 Å². The fourth-order valence-corrected chi connectivity index (χ4v) is 3.05. The largest absolute Gasteiger partial charge is 0.381 e. The van der Waals surface area contributed by atoms with E-state index in [-0.39, 0.29) is 5.56 Å². The Balaban J connectivity index is 1.67. The summed E-state index contributed by atoms with van der Waals surface area (Å²) in [7, 11) is 0. The Kier molecular flexibility index (Phi) is 4.25. The van der Waals surface area contributed by atoms with Gasteiger partial charge in [0, 0.05) is 36.4 Å². The number of hydrogen-bond donors (Lipinski definition) is 2. The Morgan fingerprint density at radius 3 is 3.14 bits per heavy atom. The highest BCUT2D eigenvalue weighted by Gasteiger charge is 2.21. The molecule has 1 aliphatic rings. The average molecular weight is 285 g/mol. The number of pyridine rings is 1. The Morgan fingerprint density at radius 2 is 2.29 bits per heavy atom. The van der Waals surface area contributed by atoms with Gasteiger partial charge in [0.05, 0.1) is 0 Å². The molecule has 0 spiro atoms. The summed E-state index contributed by atoms with van der Waals surface area (Å²) in [6.45, 7) is 5.75. The van der Waals surface area contributed by atoms with E-state index in [1.807, 2.05) is 18.2 Å². The maximum Gasteiger partial charge on any atom is 0.255 e. The lowest BCUT2D eigenvalue weighted by molar-refractivity contribution is 0.330.